The highest BCUT2D eigenvalue weighted by atomic mass is 16.5. The van der Waals surface area contributed by atoms with Crippen LogP contribution < -0.4 is 5.32 Å². The number of nitrogens with one attached hydrogen (secondary N) is 1. The Morgan fingerprint density at radius 2 is 1.76 bits per heavy atom. The van der Waals surface area contributed by atoms with Crippen LogP contribution in [0.3, 0.4) is 0 Å². The topological polar surface area (TPSA) is 57.2 Å². The minimum absolute atomic E-state index is 0.128. The van der Waals surface area contributed by atoms with Gasteiger partial charge in [-0.05, 0) is 35.2 Å². The van der Waals surface area contributed by atoms with E-state index in [0.717, 1.165) is 51.5 Å². The number of hydrogen-bond donors (Lipinski definition) is 1. The monoisotopic (exact) mass is 394 g/mol. The number of guanidine groups is 1. The summed E-state index contributed by atoms with van der Waals surface area (Å²) in [5.41, 5.74) is 1.24. The van der Waals surface area contributed by atoms with Crippen LogP contribution in [0.1, 0.15) is 18.4 Å². The fourth-order valence-electron chi connectivity index (χ4n) is 4.24. The normalized spacial score (nSPS) is 18.9. The van der Waals surface area contributed by atoms with Gasteiger partial charge in [-0.2, -0.15) is 0 Å². The van der Waals surface area contributed by atoms with Crippen LogP contribution in [0, 0.1) is 5.92 Å². The number of likely N-dealkylation sites (tertiary alicyclic amines) is 1. The first kappa shape index (κ1) is 19.7. The van der Waals surface area contributed by atoms with Crippen molar-refractivity contribution >= 4 is 22.6 Å². The van der Waals surface area contributed by atoms with Crippen molar-refractivity contribution in [2.75, 3.05) is 46.4 Å². The number of aliphatic imine (C=N–C) groups is 1. The molecule has 0 atom stereocenters. The predicted molar refractivity (Wildman–Crippen MR) is 116 cm³/mol. The summed E-state index contributed by atoms with van der Waals surface area (Å²) in [5.74, 6) is 1.34. The summed E-state index contributed by atoms with van der Waals surface area (Å²) in [5, 5.41) is 6.00. The summed E-state index contributed by atoms with van der Waals surface area (Å²) in [6.07, 6.45) is 1.76. The van der Waals surface area contributed by atoms with Gasteiger partial charge in [0.05, 0.1) is 13.2 Å². The smallest absolute Gasteiger partial charge is 0.225 e. The van der Waals surface area contributed by atoms with Crippen molar-refractivity contribution in [1.29, 1.82) is 0 Å². The van der Waals surface area contributed by atoms with Gasteiger partial charge in [0.2, 0.25) is 5.91 Å². The molecule has 2 aromatic carbocycles. The van der Waals surface area contributed by atoms with Crippen LogP contribution in [0.15, 0.2) is 47.5 Å². The average molecular weight is 395 g/mol. The molecule has 29 heavy (non-hydrogen) atoms. The number of fused-ring (bicyclic) bond motifs is 1. The number of rotatable bonds is 3. The summed E-state index contributed by atoms with van der Waals surface area (Å²) in [4.78, 5) is 21.4. The molecule has 0 radical (unpaired) electrons. The maximum atomic E-state index is 12.7. The first-order chi connectivity index (χ1) is 14.2. The molecule has 1 amide bonds. The van der Waals surface area contributed by atoms with Gasteiger partial charge >= 0.3 is 0 Å². The molecule has 2 aromatic rings. The van der Waals surface area contributed by atoms with Crippen LogP contribution in [0.25, 0.3) is 10.8 Å². The lowest BCUT2D eigenvalue weighted by Crippen LogP contribution is -2.49. The van der Waals surface area contributed by atoms with Gasteiger partial charge in [-0.3, -0.25) is 9.79 Å². The molecule has 2 saturated heterocycles. The number of morpholine rings is 1. The quantitative estimate of drug-likeness (QED) is 0.642. The van der Waals surface area contributed by atoms with Gasteiger partial charge in [-0.1, -0.05) is 36.4 Å². The molecule has 0 bridgehead atoms. The van der Waals surface area contributed by atoms with E-state index in [2.05, 4.69) is 57.7 Å². The molecular formula is C23H30N4O2. The maximum Gasteiger partial charge on any atom is 0.225 e. The number of carbonyl (C=O) groups is 1. The Balaban J connectivity index is 1.30. The van der Waals surface area contributed by atoms with E-state index in [1.165, 1.54) is 16.3 Å². The first-order valence-electron chi connectivity index (χ1n) is 10.5. The van der Waals surface area contributed by atoms with Gasteiger partial charge < -0.3 is 19.9 Å². The highest BCUT2D eigenvalue weighted by Crippen LogP contribution is 2.21. The predicted octanol–water partition coefficient (Wildman–Crippen LogP) is 2.49. The first-order valence-corrected chi connectivity index (χ1v) is 10.5. The Hall–Kier alpha value is -2.60. The average Bonchev–Trinajstić information content (AvgIpc) is 2.80. The van der Waals surface area contributed by atoms with Crippen molar-refractivity contribution in [3.63, 3.8) is 0 Å². The Labute approximate surface area is 172 Å². The number of benzene rings is 2. The lowest BCUT2D eigenvalue weighted by Gasteiger charge is -2.36. The summed E-state index contributed by atoms with van der Waals surface area (Å²) in [7, 11) is 1.83. The molecule has 1 N–H and O–H groups in total. The van der Waals surface area contributed by atoms with E-state index in [1.807, 2.05) is 11.9 Å². The number of ether oxygens (including phenoxy) is 1. The molecule has 2 aliphatic rings. The zero-order valence-electron chi connectivity index (χ0n) is 17.1. The molecule has 0 spiro atoms. The highest BCUT2D eigenvalue weighted by molar-refractivity contribution is 5.84. The van der Waals surface area contributed by atoms with Crippen molar-refractivity contribution in [3.8, 4) is 0 Å². The molecule has 2 heterocycles. The molecule has 6 heteroatoms. The molecule has 154 valence electrons. The third-order valence-electron chi connectivity index (χ3n) is 5.94. The molecule has 6 nitrogen and oxygen atoms in total. The lowest BCUT2D eigenvalue weighted by atomic mass is 9.95. The molecule has 0 aliphatic carbocycles. The summed E-state index contributed by atoms with van der Waals surface area (Å²) >= 11 is 0. The second-order valence-corrected chi connectivity index (χ2v) is 7.78. The van der Waals surface area contributed by atoms with E-state index in [-0.39, 0.29) is 5.92 Å². The van der Waals surface area contributed by atoms with Gasteiger partial charge in [0.1, 0.15) is 0 Å². The number of nitrogens with zero attached hydrogens (tertiary/aromatic N) is 3. The second-order valence-electron chi connectivity index (χ2n) is 7.78. The molecule has 0 saturated carbocycles. The van der Waals surface area contributed by atoms with Crippen LogP contribution >= 0.6 is 0 Å². The largest absolute Gasteiger partial charge is 0.378 e. The Bertz CT molecular complexity index is 868. The molecule has 0 aromatic heterocycles. The molecule has 0 unspecified atom stereocenters. The summed E-state index contributed by atoms with van der Waals surface area (Å²) < 4.78 is 5.36. The van der Waals surface area contributed by atoms with Gasteiger partial charge in [0.15, 0.2) is 5.96 Å². The highest BCUT2D eigenvalue weighted by Gasteiger charge is 2.30. The van der Waals surface area contributed by atoms with Gasteiger partial charge in [0, 0.05) is 45.7 Å². The molecular weight excluding hydrogens is 364 g/mol. The van der Waals surface area contributed by atoms with Crippen molar-refractivity contribution in [3.05, 3.63) is 48.0 Å². The van der Waals surface area contributed by atoms with Crippen LogP contribution in [0.2, 0.25) is 0 Å². The maximum absolute atomic E-state index is 12.7. The van der Waals surface area contributed by atoms with Crippen LogP contribution in [-0.2, 0) is 16.1 Å². The Morgan fingerprint density at radius 3 is 2.48 bits per heavy atom. The fraction of sp³-hybridized carbons (Fsp3) is 0.478. The molecule has 2 aliphatic heterocycles. The van der Waals surface area contributed by atoms with E-state index in [0.29, 0.717) is 19.1 Å². The number of hydrogen-bond acceptors (Lipinski definition) is 3. The van der Waals surface area contributed by atoms with Gasteiger partial charge in [-0.15, -0.1) is 0 Å². The standard InChI is InChI=1S/C23H30N4O2/c1-24-23(25-17-18-6-7-19-4-2-3-5-21(19)16-18)27-10-8-20(9-11-27)22(28)26-12-14-29-15-13-26/h2-7,16,20H,8-15,17H2,1H3,(H,24,25). The van der Waals surface area contributed by atoms with E-state index in [9.17, 15) is 4.79 Å². The van der Waals surface area contributed by atoms with Crippen LogP contribution in [0.4, 0.5) is 0 Å². The third kappa shape index (κ3) is 4.70. The second kappa shape index (κ2) is 9.27. The van der Waals surface area contributed by atoms with Crippen molar-refractivity contribution < 1.29 is 9.53 Å². The summed E-state index contributed by atoms with van der Waals surface area (Å²) in [6, 6.07) is 15.0. The minimum Gasteiger partial charge on any atom is -0.378 e. The van der Waals surface area contributed by atoms with E-state index in [4.69, 9.17) is 4.74 Å². The SMILES string of the molecule is CN=C(NCc1ccc2ccccc2c1)N1CCC(C(=O)N2CCOCC2)CC1. The number of piperidine rings is 1. The fourth-order valence-corrected chi connectivity index (χ4v) is 4.24. The van der Waals surface area contributed by atoms with E-state index in [1.54, 1.807) is 0 Å². The zero-order valence-corrected chi connectivity index (χ0v) is 17.1. The van der Waals surface area contributed by atoms with Crippen molar-refractivity contribution in [2.24, 2.45) is 10.9 Å². The van der Waals surface area contributed by atoms with Crippen molar-refractivity contribution in [2.45, 2.75) is 19.4 Å². The van der Waals surface area contributed by atoms with Gasteiger partial charge in [-0.25, -0.2) is 0 Å². The zero-order chi connectivity index (χ0) is 20.1. The Kier molecular flexibility index (Phi) is 6.30. The van der Waals surface area contributed by atoms with E-state index < -0.39 is 0 Å². The number of carbonyl (C=O) groups excluding carboxylic acids is 1. The van der Waals surface area contributed by atoms with Gasteiger partial charge in [0.25, 0.3) is 0 Å². The molecule has 2 fully saturated rings. The lowest BCUT2D eigenvalue weighted by molar-refractivity contribution is -0.140. The van der Waals surface area contributed by atoms with Crippen LogP contribution in [0.5, 0.6) is 0 Å². The van der Waals surface area contributed by atoms with Crippen LogP contribution in [-0.4, -0.2) is 68.1 Å². The van der Waals surface area contributed by atoms with E-state index >= 15 is 0 Å². The molecule has 4 rings (SSSR count). The minimum atomic E-state index is 0.128. The number of amides is 1. The summed E-state index contributed by atoms with van der Waals surface area (Å²) in [6.45, 7) is 5.24. The van der Waals surface area contributed by atoms with Crippen molar-refractivity contribution in [1.82, 2.24) is 15.1 Å². The Morgan fingerprint density at radius 1 is 1.03 bits per heavy atom. The third-order valence-corrected chi connectivity index (χ3v) is 5.94.